The molecule has 0 bridgehead atoms. The Hall–Kier alpha value is -2.85. The van der Waals surface area contributed by atoms with Gasteiger partial charge in [0.1, 0.15) is 16.8 Å². The van der Waals surface area contributed by atoms with E-state index in [1.165, 1.54) is 9.47 Å². The largest absolute Gasteiger partial charge is 0.465 e. The molecule has 0 unspecified atom stereocenters. The number of pyridine rings is 1. The number of carbonyl (C=O) groups is 1. The molecule has 10 nitrogen and oxygen atoms in total. The van der Waals surface area contributed by atoms with E-state index in [2.05, 4.69) is 15.1 Å². The van der Waals surface area contributed by atoms with Crippen LogP contribution in [0.4, 0.5) is 10.6 Å². The molecule has 1 saturated heterocycles. The number of hydrogen-bond donors (Lipinski definition) is 1. The highest BCUT2D eigenvalue weighted by atomic mass is 35.5. The highest BCUT2D eigenvalue weighted by Gasteiger charge is 2.34. The minimum Gasteiger partial charge on any atom is -0.465 e. The number of nitrogens with zero attached hydrogens (tertiary/aromatic N) is 7. The van der Waals surface area contributed by atoms with Gasteiger partial charge in [-0.1, -0.05) is 37.0 Å². The zero-order valence-corrected chi connectivity index (χ0v) is 22.0. The van der Waals surface area contributed by atoms with Crippen LogP contribution < -0.4 is 10.6 Å². The van der Waals surface area contributed by atoms with Gasteiger partial charge in [-0.15, -0.1) is 0 Å². The zero-order chi connectivity index (χ0) is 25.8. The van der Waals surface area contributed by atoms with Gasteiger partial charge in [-0.05, 0) is 39.7 Å². The van der Waals surface area contributed by atoms with Crippen molar-refractivity contribution in [2.75, 3.05) is 18.0 Å². The van der Waals surface area contributed by atoms with Crippen LogP contribution in [0.1, 0.15) is 59.1 Å². The molecule has 4 rings (SSSR count). The van der Waals surface area contributed by atoms with E-state index in [-0.39, 0.29) is 40.8 Å². The van der Waals surface area contributed by atoms with Gasteiger partial charge < -0.3 is 14.9 Å². The van der Waals surface area contributed by atoms with E-state index in [1.807, 2.05) is 46.4 Å². The molecule has 4 heterocycles. The summed E-state index contributed by atoms with van der Waals surface area (Å²) in [4.78, 5) is 37.6. The maximum atomic E-state index is 13.7. The summed E-state index contributed by atoms with van der Waals surface area (Å²) in [7, 11) is 0. The predicted octanol–water partition coefficient (Wildman–Crippen LogP) is 4.57. The molecular weight excluding hydrogens is 493 g/mol. The molecule has 35 heavy (non-hydrogen) atoms. The lowest BCUT2D eigenvalue weighted by molar-refractivity contribution is 0.114. The zero-order valence-electron chi connectivity index (χ0n) is 20.5. The van der Waals surface area contributed by atoms with E-state index in [9.17, 15) is 14.7 Å². The van der Waals surface area contributed by atoms with Gasteiger partial charge in [0.15, 0.2) is 5.65 Å². The Labute approximate surface area is 213 Å². The summed E-state index contributed by atoms with van der Waals surface area (Å²) in [5, 5.41) is 14.9. The van der Waals surface area contributed by atoms with Crippen molar-refractivity contribution in [3.8, 4) is 5.82 Å². The van der Waals surface area contributed by atoms with Gasteiger partial charge in [0.05, 0.1) is 16.6 Å². The fraction of sp³-hybridized carbons (Fsp3) is 0.522. The second-order valence-corrected chi connectivity index (χ2v) is 10.4. The highest BCUT2D eigenvalue weighted by Crippen LogP contribution is 2.34. The fourth-order valence-corrected chi connectivity index (χ4v) is 4.85. The molecule has 12 heteroatoms. The van der Waals surface area contributed by atoms with Gasteiger partial charge in [-0.2, -0.15) is 10.1 Å². The maximum absolute atomic E-state index is 13.7. The monoisotopic (exact) mass is 521 g/mol. The van der Waals surface area contributed by atoms with Gasteiger partial charge in [0, 0.05) is 36.8 Å². The lowest BCUT2D eigenvalue weighted by Crippen LogP contribution is -2.58. The summed E-state index contributed by atoms with van der Waals surface area (Å²) < 4.78 is 3.23. The molecule has 2 atom stereocenters. The topological polar surface area (TPSA) is 109 Å². The average Bonchev–Trinajstić information content (AvgIpc) is 3.21. The summed E-state index contributed by atoms with van der Waals surface area (Å²) in [6, 6.07) is 1.12. The lowest BCUT2D eigenvalue weighted by Gasteiger charge is -2.43. The molecule has 188 valence electrons. The van der Waals surface area contributed by atoms with Crippen LogP contribution in [0.5, 0.6) is 0 Å². The third-order valence-corrected chi connectivity index (χ3v) is 7.05. The first-order valence-electron chi connectivity index (χ1n) is 11.5. The van der Waals surface area contributed by atoms with Crippen molar-refractivity contribution in [2.45, 2.75) is 65.6 Å². The van der Waals surface area contributed by atoms with Crippen molar-refractivity contribution in [3.63, 3.8) is 0 Å². The van der Waals surface area contributed by atoms with Crippen LogP contribution in [0.15, 0.2) is 17.1 Å². The number of amides is 1. The number of piperazine rings is 1. The molecule has 3 aromatic heterocycles. The Balaban J connectivity index is 2.01. The lowest BCUT2D eigenvalue weighted by atomic mass is 10.1. The quantitative estimate of drug-likeness (QED) is 0.500. The van der Waals surface area contributed by atoms with E-state index < -0.39 is 11.8 Å². The van der Waals surface area contributed by atoms with Crippen molar-refractivity contribution in [2.24, 2.45) is 0 Å². The minimum atomic E-state index is -0.975. The van der Waals surface area contributed by atoms with Crippen molar-refractivity contribution < 1.29 is 9.90 Å². The maximum Gasteiger partial charge on any atom is 0.407 e. The SMILES string of the molecule is CC(C)c1cnn(C(C)C)c1-n1c(=O)nc(N2C[C@@H](C)N(C(=O)O)C[C@@H]2C)c2cc(Cl)c(Cl)nc21. The average molecular weight is 522 g/mol. The first kappa shape index (κ1) is 25.2. The highest BCUT2D eigenvalue weighted by molar-refractivity contribution is 6.41. The van der Waals surface area contributed by atoms with Crippen LogP contribution in [0.3, 0.4) is 0 Å². The third kappa shape index (κ3) is 4.33. The third-order valence-electron chi connectivity index (χ3n) is 6.38. The van der Waals surface area contributed by atoms with Gasteiger partial charge in [0.25, 0.3) is 0 Å². The predicted molar refractivity (Wildman–Crippen MR) is 136 cm³/mol. The van der Waals surface area contributed by atoms with Crippen LogP contribution >= 0.6 is 23.2 Å². The van der Waals surface area contributed by atoms with E-state index in [4.69, 9.17) is 23.2 Å². The molecule has 1 amide bonds. The molecule has 1 N–H and O–H groups in total. The first-order chi connectivity index (χ1) is 16.4. The molecule has 1 aliphatic rings. The summed E-state index contributed by atoms with van der Waals surface area (Å²) in [5.41, 5.74) is 0.670. The van der Waals surface area contributed by atoms with E-state index in [0.29, 0.717) is 29.2 Å². The van der Waals surface area contributed by atoms with Crippen LogP contribution in [0.2, 0.25) is 10.2 Å². The Morgan fingerprint density at radius 1 is 1.11 bits per heavy atom. The second kappa shape index (κ2) is 9.31. The van der Waals surface area contributed by atoms with Gasteiger partial charge in [-0.3, -0.25) is 0 Å². The molecule has 0 radical (unpaired) electrons. The fourth-order valence-electron chi connectivity index (χ4n) is 4.57. The van der Waals surface area contributed by atoms with Gasteiger partial charge in [0.2, 0.25) is 0 Å². The van der Waals surface area contributed by atoms with E-state index in [1.54, 1.807) is 16.9 Å². The van der Waals surface area contributed by atoms with E-state index >= 15 is 0 Å². The van der Waals surface area contributed by atoms with Gasteiger partial charge >= 0.3 is 11.8 Å². The van der Waals surface area contributed by atoms with Crippen molar-refractivity contribution in [3.05, 3.63) is 38.5 Å². The molecule has 1 fully saturated rings. The molecular formula is C23H29Cl2N7O3. The van der Waals surface area contributed by atoms with Gasteiger partial charge in [-0.25, -0.2) is 23.8 Å². The number of aromatic nitrogens is 5. The Morgan fingerprint density at radius 2 is 1.80 bits per heavy atom. The number of halogens is 2. The smallest absolute Gasteiger partial charge is 0.407 e. The van der Waals surface area contributed by atoms with Crippen molar-refractivity contribution >= 4 is 46.1 Å². The number of rotatable bonds is 4. The normalized spacial score (nSPS) is 18.8. The van der Waals surface area contributed by atoms with Crippen LogP contribution in [0, 0.1) is 0 Å². The second-order valence-electron chi connectivity index (χ2n) is 9.59. The first-order valence-corrected chi connectivity index (χ1v) is 12.3. The molecule has 0 spiro atoms. The number of anilines is 1. The van der Waals surface area contributed by atoms with Crippen LogP contribution in [-0.2, 0) is 0 Å². The summed E-state index contributed by atoms with van der Waals surface area (Å²) in [5.74, 6) is 1.08. The Kier molecular flexibility index (Phi) is 6.72. The van der Waals surface area contributed by atoms with E-state index in [0.717, 1.165) is 5.56 Å². The van der Waals surface area contributed by atoms with Crippen LogP contribution in [-0.4, -0.2) is 65.6 Å². The summed E-state index contributed by atoms with van der Waals surface area (Å²) in [6.45, 7) is 12.4. The molecule has 0 saturated carbocycles. The molecule has 1 aliphatic heterocycles. The summed E-state index contributed by atoms with van der Waals surface area (Å²) >= 11 is 12.7. The summed E-state index contributed by atoms with van der Waals surface area (Å²) in [6.07, 6.45) is 0.787. The van der Waals surface area contributed by atoms with Crippen molar-refractivity contribution in [1.82, 2.24) is 29.2 Å². The minimum absolute atomic E-state index is 0.0214. The molecule has 0 aromatic carbocycles. The van der Waals surface area contributed by atoms with Crippen molar-refractivity contribution in [1.29, 1.82) is 0 Å². The van der Waals surface area contributed by atoms with Crippen LogP contribution in [0.25, 0.3) is 16.9 Å². The number of fused-ring (bicyclic) bond motifs is 1. The molecule has 3 aromatic rings. The number of carboxylic acid groups (broad SMARTS) is 1. The standard InChI is InChI=1S/C23H29Cl2N7O3/c1-11(2)16-8-26-32(12(3)4)21(16)31-20-15(7-17(24)18(25)27-20)19(28-22(31)33)29-9-14(6)30(23(34)35)10-13(29)5/h7-8,11-14H,9-10H2,1-6H3,(H,34,35)/t13-,14+/m0/s1. The number of hydrogen-bond acceptors (Lipinski definition) is 6. The Morgan fingerprint density at radius 3 is 2.40 bits per heavy atom. The Bertz CT molecular complexity index is 1330. The molecule has 0 aliphatic carbocycles.